The van der Waals surface area contributed by atoms with Crippen molar-refractivity contribution in [2.75, 3.05) is 33.9 Å². The van der Waals surface area contributed by atoms with Crippen LogP contribution in [0.3, 0.4) is 0 Å². The summed E-state index contributed by atoms with van der Waals surface area (Å²) in [6.45, 7) is 6.05. The van der Waals surface area contributed by atoms with Crippen molar-refractivity contribution >= 4 is 16.7 Å². The standard InChI is InChI=1S/C26H30N2O5/c1-5-33-19-10-8-18(9-11-19)28-16-22(25(29)27-12-6-7-17(2)15-27)20-13-23(31-3)24(32-4)14-21(20)26(28)30/h8-11,13-14,16-17H,5-7,12,15H2,1-4H3. The Morgan fingerprint density at radius 1 is 1.06 bits per heavy atom. The van der Waals surface area contributed by atoms with Gasteiger partial charge in [0.2, 0.25) is 0 Å². The molecular weight excluding hydrogens is 420 g/mol. The van der Waals surface area contributed by atoms with Gasteiger partial charge in [0.25, 0.3) is 11.5 Å². The van der Waals surface area contributed by atoms with E-state index in [-0.39, 0.29) is 11.5 Å². The molecule has 1 saturated heterocycles. The summed E-state index contributed by atoms with van der Waals surface area (Å²) >= 11 is 0. The Labute approximate surface area is 193 Å². The monoisotopic (exact) mass is 450 g/mol. The van der Waals surface area contributed by atoms with Gasteiger partial charge >= 0.3 is 0 Å². The van der Waals surface area contributed by atoms with Crippen LogP contribution >= 0.6 is 0 Å². The Morgan fingerprint density at radius 2 is 1.73 bits per heavy atom. The van der Waals surface area contributed by atoms with E-state index in [1.165, 1.54) is 11.7 Å². The van der Waals surface area contributed by atoms with Crippen LogP contribution in [0.4, 0.5) is 0 Å². The molecule has 2 aromatic carbocycles. The molecule has 1 aromatic heterocycles. The smallest absolute Gasteiger partial charge is 0.263 e. The molecule has 4 rings (SSSR count). The molecule has 0 spiro atoms. The molecule has 1 fully saturated rings. The molecule has 0 saturated carbocycles. The van der Waals surface area contributed by atoms with E-state index in [0.717, 1.165) is 18.6 Å². The number of nitrogens with zero attached hydrogens (tertiary/aromatic N) is 2. The molecule has 7 heteroatoms. The molecule has 0 aliphatic carbocycles. The van der Waals surface area contributed by atoms with Gasteiger partial charge in [0.05, 0.1) is 31.8 Å². The van der Waals surface area contributed by atoms with E-state index < -0.39 is 0 Å². The van der Waals surface area contributed by atoms with E-state index in [1.807, 2.05) is 36.1 Å². The van der Waals surface area contributed by atoms with Gasteiger partial charge in [-0.15, -0.1) is 0 Å². The number of likely N-dealkylation sites (tertiary alicyclic amines) is 1. The van der Waals surface area contributed by atoms with Gasteiger partial charge in [-0.3, -0.25) is 14.2 Å². The normalized spacial score (nSPS) is 16.0. The number of fused-ring (bicyclic) bond motifs is 1. The average Bonchev–Trinajstić information content (AvgIpc) is 2.84. The second kappa shape index (κ2) is 9.57. The van der Waals surface area contributed by atoms with Gasteiger partial charge in [-0.25, -0.2) is 0 Å². The first kappa shape index (κ1) is 22.7. The highest BCUT2D eigenvalue weighted by molar-refractivity contribution is 6.07. The lowest BCUT2D eigenvalue weighted by molar-refractivity contribution is 0.0684. The minimum atomic E-state index is -0.237. The third kappa shape index (κ3) is 4.40. The lowest BCUT2D eigenvalue weighted by Crippen LogP contribution is -2.39. The Morgan fingerprint density at radius 3 is 2.33 bits per heavy atom. The zero-order valence-corrected chi connectivity index (χ0v) is 19.6. The van der Waals surface area contributed by atoms with Gasteiger partial charge in [0.15, 0.2) is 11.5 Å². The molecule has 1 unspecified atom stereocenters. The molecular formula is C26H30N2O5. The van der Waals surface area contributed by atoms with Crippen LogP contribution in [0.2, 0.25) is 0 Å². The maximum Gasteiger partial charge on any atom is 0.263 e. The summed E-state index contributed by atoms with van der Waals surface area (Å²) in [7, 11) is 3.07. The maximum absolute atomic E-state index is 13.7. The first-order valence-corrected chi connectivity index (χ1v) is 11.3. The number of carbonyl (C=O) groups excluding carboxylic acids is 1. The molecule has 174 valence electrons. The van der Waals surface area contributed by atoms with Crippen LogP contribution in [0, 0.1) is 5.92 Å². The number of hydrogen-bond acceptors (Lipinski definition) is 5. The largest absolute Gasteiger partial charge is 0.494 e. The number of carbonyl (C=O) groups is 1. The number of benzene rings is 2. The van der Waals surface area contributed by atoms with Crippen molar-refractivity contribution in [2.24, 2.45) is 5.92 Å². The number of amides is 1. The molecule has 2 heterocycles. The highest BCUT2D eigenvalue weighted by atomic mass is 16.5. The van der Waals surface area contributed by atoms with Crippen molar-refractivity contribution in [3.63, 3.8) is 0 Å². The van der Waals surface area contributed by atoms with Crippen molar-refractivity contribution < 1.29 is 19.0 Å². The number of ether oxygens (including phenoxy) is 3. The molecule has 7 nitrogen and oxygen atoms in total. The molecule has 3 aromatic rings. The molecule has 0 bridgehead atoms. The Hall–Kier alpha value is -3.48. The van der Waals surface area contributed by atoms with Crippen molar-refractivity contribution in [1.29, 1.82) is 0 Å². The van der Waals surface area contributed by atoms with E-state index in [4.69, 9.17) is 14.2 Å². The van der Waals surface area contributed by atoms with Crippen LogP contribution in [-0.2, 0) is 0 Å². The summed E-state index contributed by atoms with van der Waals surface area (Å²) in [4.78, 5) is 29.1. The summed E-state index contributed by atoms with van der Waals surface area (Å²) < 4.78 is 17.9. The molecule has 0 N–H and O–H groups in total. The second-order valence-corrected chi connectivity index (χ2v) is 8.40. The zero-order valence-electron chi connectivity index (χ0n) is 19.6. The zero-order chi connectivity index (χ0) is 23.5. The van der Waals surface area contributed by atoms with Gasteiger partial charge in [-0.1, -0.05) is 6.92 Å². The second-order valence-electron chi connectivity index (χ2n) is 8.40. The summed E-state index contributed by atoms with van der Waals surface area (Å²) in [5.74, 6) is 2.00. The van der Waals surface area contributed by atoms with Gasteiger partial charge in [-0.05, 0) is 62.1 Å². The van der Waals surface area contributed by atoms with Crippen molar-refractivity contribution in [3.05, 3.63) is 58.5 Å². The fraction of sp³-hybridized carbons (Fsp3) is 0.385. The minimum absolute atomic E-state index is 0.0848. The SMILES string of the molecule is CCOc1ccc(-n2cc(C(=O)N3CCCC(C)C3)c3cc(OC)c(OC)cc3c2=O)cc1. The summed E-state index contributed by atoms with van der Waals surface area (Å²) in [5.41, 5.74) is 0.883. The van der Waals surface area contributed by atoms with Crippen molar-refractivity contribution in [3.8, 4) is 22.9 Å². The fourth-order valence-corrected chi connectivity index (χ4v) is 4.44. The third-order valence-electron chi connectivity index (χ3n) is 6.12. The van der Waals surface area contributed by atoms with Gasteiger partial charge in [-0.2, -0.15) is 0 Å². The molecule has 33 heavy (non-hydrogen) atoms. The lowest BCUT2D eigenvalue weighted by Gasteiger charge is -2.31. The number of aromatic nitrogens is 1. The predicted molar refractivity (Wildman–Crippen MR) is 128 cm³/mol. The number of methoxy groups -OCH3 is 2. The van der Waals surface area contributed by atoms with E-state index in [0.29, 0.717) is 59.1 Å². The van der Waals surface area contributed by atoms with Crippen LogP contribution in [0.15, 0.2) is 47.4 Å². The van der Waals surface area contributed by atoms with Crippen LogP contribution in [0.25, 0.3) is 16.5 Å². The van der Waals surface area contributed by atoms with Gasteiger partial charge < -0.3 is 19.1 Å². The summed E-state index contributed by atoms with van der Waals surface area (Å²) in [6, 6.07) is 10.6. The Bertz CT molecular complexity index is 1220. The topological polar surface area (TPSA) is 70.0 Å². The third-order valence-corrected chi connectivity index (χ3v) is 6.12. The molecule has 0 radical (unpaired) electrons. The van der Waals surface area contributed by atoms with E-state index in [2.05, 4.69) is 6.92 Å². The molecule has 1 atom stereocenters. The first-order chi connectivity index (χ1) is 16.0. The Balaban J connectivity index is 1.92. The Kier molecular flexibility index (Phi) is 6.58. The van der Waals surface area contributed by atoms with Crippen molar-refractivity contribution in [2.45, 2.75) is 26.7 Å². The number of piperidine rings is 1. The first-order valence-electron chi connectivity index (χ1n) is 11.3. The van der Waals surface area contributed by atoms with Crippen LogP contribution in [0.1, 0.15) is 37.0 Å². The van der Waals surface area contributed by atoms with Gasteiger partial charge in [0, 0.05) is 30.4 Å². The summed E-state index contributed by atoms with van der Waals surface area (Å²) in [5, 5.41) is 0.959. The lowest BCUT2D eigenvalue weighted by atomic mass is 9.98. The highest BCUT2D eigenvalue weighted by Crippen LogP contribution is 2.33. The number of rotatable bonds is 6. The summed E-state index contributed by atoms with van der Waals surface area (Å²) in [6.07, 6.45) is 3.73. The van der Waals surface area contributed by atoms with Crippen LogP contribution < -0.4 is 19.8 Å². The van der Waals surface area contributed by atoms with E-state index in [1.54, 1.807) is 25.4 Å². The van der Waals surface area contributed by atoms with Crippen molar-refractivity contribution in [1.82, 2.24) is 9.47 Å². The van der Waals surface area contributed by atoms with E-state index >= 15 is 0 Å². The predicted octanol–water partition coefficient (Wildman–Crippen LogP) is 4.28. The fourth-order valence-electron chi connectivity index (χ4n) is 4.44. The average molecular weight is 451 g/mol. The highest BCUT2D eigenvalue weighted by Gasteiger charge is 2.26. The van der Waals surface area contributed by atoms with Crippen LogP contribution in [0.5, 0.6) is 17.2 Å². The van der Waals surface area contributed by atoms with Crippen LogP contribution in [-0.4, -0.2) is 49.3 Å². The minimum Gasteiger partial charge on any atom is -0.494 e. The molecule has 1 aliphatic heterocycles. The van der Waals surface area contributed by atoms with Gasteiger partial charge in [0.1, 0.15) is 5.75 Å². The number of hydrogen-bond donors (Lipinski definition) is 0. The molecule has 1 aliphatic rings. The quantitative estimate of drug-likeness (QED) is 0.561. The van der Waals surface area contributed by atoms with E-state index in [9.17, 15) is 9.59 Å². The number of pyridine rings is 1. The maximum atomic E-state index is 13.7. The molecule has 1 amide bonds.